The molecule has 1 saturated heterocycles. The van der Waals surface area contributed by atoms with E-state index < -0.39 is 0 Å². The first kappa shape index (κ1) is 11.8. The van der Waals surface area contributed by atoms with Crippen LogP contribution < -0.4 is 5.32 Å². The van der Waals surface area contributed by atoms with E-state index in [2.05, 4.69) is 53.2 Å². The monoisotopic (exact) mass is 243 g/mol. The minimum atomic E-state index is 1.07. The maximum Gasteiger partial charge on any atom is 0.0510 e. The van der Waals surface area contributed by atoms with Crippen LogP contribution in [0.15, 0.2) is 24.4 Å². The smallest absolute Gasteiger partial charge is 0.0510 e. The number of benzene rings is 1. The summed E-state index contributed by atoms with van der Waals surface area (Å²) < 4.78 is 2.27. The normalized spacial score (nSPS) is 17.4. The standard InChI is InChI=1S/C15H21N3/c1-12-4-3-5-14-13(10-17(2)15(12)14)11-18-8-6-16-7-9-18/h3-5,10,16H,6-9,11H2,1-2H3. The quantitative estimate of drug-likeness (QED) is 0.869. The molecule has 0 amide bonds. The van der Waals surface area contributed by atoms with Crippen LogP contribution in [0.4, 0.5) is 0 Å². The zero-order chi connectivity index (χ0) is 12.5. The Hall–Kier alpha value is -1.32. The molecule has 18 heavy (non-hydrogen) atoms. The van der Waals surface area contributed by atoms with Crippen molar-refractivity contribution in [3.63, 3.8) is 0 Å². The zero-order valence-electron chi connectivity index (χ0n) is 11.2. The van der Waals surface area contributed by atoms with E-state index in [4.69, 9.17) is 0 Å². The topological polar surface area (TPSA) is 20.2 Å². The van der Waals surface area contributed by atoms with Crippen molar-refractivity contribution in [1.82, 2.24) is 14.8 Å². The first-order valence-electron chi connectivity index (χ1n) is 6.72. The van der Waals surface area contributed by atoms with Gasteiger partial charge in [-0.25, -0.2) is 0 Å². The van der Waals surface area contributed by atoms with Crippen LogP contribution in [0.25, 0.3) is 10.9 Å². The molecule has 1 aromatic heterocycles. The Bertz CT molecular complexity index is 550. The summed E-state index contributed by atoms with van der Waals surface area (Å²) in [5, 5.41) is 4.82. The van der Waals surface area contributed by atoms with E-state index >= 15 is 0 Å². The highest BCUT2D eigenvalue weighted by molar-refractivity contribution is 5.86. The number of nitrogens with zero attached hydrogens (tertiary/aromatic N) is 2. The van der Waals surface area contributed by atoms with E-state index in [0.717, 1.165) is 32.7 Å². The maximum atomic E-state index is 3.41. The van der Waals surface area contributed by atoms with Crippen molar-refractivity contribution in [3.8, 4) is 0 Å². The number of para-hydroxylation sites is 1. The van der Waals surface area contributed by atoms with Crippen LogP contribution in [0.3, 0.4) is 0 Å². The van der Waals surface area contributed by atoms with Crippen LogP contribution >= 0.6 is 0 Å². The molecule has 2 aromatic rings. The third-order valence-corrected chi connectivity index (χ3v) is 3.89. The van der Waals surface area contributed by atoms with Crippen molar-refractivity contribution in [2.75, 3.05) is 26.2 Å². The molecule has 0 bridgehead atoms. The van der Waals surface area contributed by atoms with Gasteiger partial charge in [-0.05, 0) is 18.1 Å². The Labute approximate surface area is 108 Å². The van der Waals surface area contributed by atoms with Gasteiger partial charge in [0.05, 0.1) is 5.52 Å². The second-order valence-electron chi connectivity index (χ2n) is 5.26. The van der Waals surface area contributed by atoms with Crippen molar-refractivity contribution in [2.24, 2.45) is 7.05 Å². The van der Waals surface area contributed by atoms with E-state index in [1.54, 1.807) is 0 Å². The van der Waals surface area contributed by atoms with E-state index in [1.807, 2.05) is 0 Å². The SMILES string of the molecule is Cc1cccc2c(CN3CCNCC3)cn(C)c12. The van der Waals surface area contributed by atoms with Gasteiger partial charge < -0.3 is 9.88 Å². The average molecular weight is 243 g/mol. The van der Waals surface area contributed by atoms with Gasteiger partial charge in [-0.1, -0.05) is 18.2 Å². The van der Waals surface area contributed by atoms with Crippen LogP contribution in [0.1, 0.15) is 11.1 Å². The molecule has 1 aromatic carbocycles. The molecule has 0 radical (unpaired) electrons. The highest BCUT2D eigenvalue weighted by Crippen LogP contribution is 2.24. The summed E-state index contributed by atoms with van der Waals surface area (Å²) in [7, 11) is 2.15. The Morgan fingerprint density at radius 2 is 2.00 bits per heavy atom. The van der Waals surface area contributed by atoms with E-state index in [0.29, 0.717) is 0 Å². The zero-order valence-corrected chi connectivity index (χ0v) is 11.2. The van der Waals surface area contributed by atoms with Gasteiger partial charge >= 0.3 is 0 Å². The molecule has 0 aliphatic carbocycles. The van der Waals surface area contributed by atoms with Gasteiger partial charge in [0.1, 0.15) is 0 Å². The third kappa shape index (κ3) is 2.04. The predicted molar refractivity (Wildman–Crippen MR) is 75.8 cm³/mol. The first-order chi connectivity index (χ1) is 8.75. The summed E-state index contributed by atoms with van der Waals surface area (Å²) >= 11 is 0. The van der Waals surface area contributed by atoms with Gasteiger partial charge in [0, 0.05) is 51.4 Å². The maximum absolute atomic E-state index is 3.41. The molecule has 3 nitrogen and oxygen atoms in total. The Kier molecular flexibility index (Phi) is 3.10. The molecule has 0 saturated carbocycles. The highest BCUT2D eigenvalue weighted by Gasteiger charge is 2.14. The molecule has 0 spiro atoms. The van der Waals surface area contributed by atoms with Gasteiger partial charge in [0.15, 0.2) is 0 Å². The minimum Gasteiger partial charge on any atom is -0.350 e. The first-order valence-corrected chi connectivity index (χ1v) is 6.72. The summed E-state index contributed by atoms with van der Waals surface area (Å²) in [5.74, 6) is 0. The van der Waals surface area contributed by atoms with Crippen LogP contribution in [0.2, 0.25) is 0 Å². The minimum absolute atomic E-state index is 1.07. The fourth-order valence-electron chi connectivity index (χ4n) is 2.99. The van der Waals surface area contributed by atoms with Crippen LogP contribution in [0, 0.1) is 6.92 Å². The number of piperazine rings is 1. The van der Waals surface area contributed by atoms with Gasteiger partial charge in [-0.3, -0.25) is 4.90 Å². The van der Waals surface area contributed by atoms with Crippen molar-refractivity contribution < 1.29 is 0 Å². The summed E-state index contributed by atoms with van der Waals surface area (Å²) in [6.45, 7) is 7.80. The fraction of sp³-hybridized carbons (Fsp3) is 0.467. The molecule has 1 aliphatic rings. The Balaban J connectivity index is 1.94. The predicted octanol–water partition coefficient (Wildman–Crippen LogP) is 1.89. The number of hydrogen-bond donors (Lipinski definition) is 1. The summed E-state index contributed by atoms with van der Waals surface area (Å²) in [6.07, 6.45) is 2.29. The molecule has 2 heterocycles. The Morgan fingerprint density at radius 1 is 1.22 bits per heavy atom. The second kappa shape index (κ2) is 4.75. The molecule has 1 N–H and O–H groups in total. The summed E-state index contributed by atoms with van der Waals surface area (Å²) in [4.78, 5) is 2.54. The fourth-order valence-corrected chi connectivity index (χ4v) is 2.99. The molecule has 0 unspecified atom stereocenters. The van der Waals surface area contributed by atoms with Gasteiger partial charge in [0.25, 0.3) is 0 Å². The van der Waals surface area contributed by atoms with E-state index in [1.165, 1.54) is 22.0 Å². The summed E-state index contributed by atoms with van der Waals surface area (Å²) in [6, 6.07) is 6.61. The second-order valence-corrected chi connectivity index (χ2v) is 5.26. The Morgan fingerprint density at radius 3 is 2.78 bits per heavy atom. The molecular formula is C15H21N3. The lowest BCUT2D eigenvalue weighted by Crippen LogP contribution is -2.42. The van der Waals surface area contributed by atoms with Crippen LogP contribution in [0.5, 0.6) is 0 Å². The lowest BCUT2D eigenvalue weighted by atomic mass is 10.1. The van der Waals surface area contributed by atoms with Gasteiger partial charge in [-0.2, -0.15) is 0 Å². The number of aryl methyl sites for hydroxylation is 2. The van der Waals surface area contributed by atoms with Crippen molar-refractivity contribution in [2.45, 2.75) is 13.5 Å². The number of aromatic nitrogens is 1. The lowest BCUT2D eigenvalue weighted by Gasteiger charge is -2.26. The van der Waals surface area contributed by atoms with Crippen molar-refractivity contribution in [3.05, 3.63) is 35.5 Å². The average Bonchev–Trinajstić information content (AvgIpc) is 2.69. The van der Waals surface area contributed by atoms with Crippen molar-refractivity contribution in [1.29, 1.82) is 0 Å². The summed E-state index contributed by atoms with van der Waals surface area (Å²) in [5.41, 5.74) is 4.20. The molecule has 1 fully saturated rings. The number of fused-ring (bicyclic) bond motifs is 1. The van der Waals surface area contributed by atoms with Crippen LogP contribution in [-0.2, 0) is 13.6 Å². The lowest BCUT2D eigenvalue weighted by molar-refractivity contribution is 0.234. The van der Waals surface area contributed by atoms with Gasteiger partial charge in [0.2, 0.25) is 0 Å². The highest BCUT2D eigenvalue weighted by atomic mass is 15.2. The molecular weight excluding hydrogens is 222 g/mol. The number of nitrogens with one attached hydrogen (secondary N) is 1. The largest absolute Gasteiger partial charge is 0.350 e. The molecule has 3 heteroatoms. The number of hydrogen-bond acceptors (Lipinski definition) is 2. The van der Waals surface area contributed by atoms with E-state index in [-0.39, 0.29) is 0 Å². The van der Waals surface area contributed by atoms with Crippen molar-refractivity contribution >= 4 is 10.9 Å². The molecule has 1 aliphatic heterocycles. The van der Waals surface area contributed by atoms with Crippen LogP contribution in [-0.4, -0.2) is 35.6 Å². The third-order valence-electron chi connectivity index (χ3n) is 3.89. The number of rotatable bonds is 2. The van der Waals surface area contributed by atoms with Gasteiger partial charge in [-0.15, -0.1) is 0 Å². The van der Waals surface area contributed by atoms with E-state index in [9.17, 15) is 0 Å². The molecule has 96 valence electrons. The molecule has 0 atom stereocenters. The molecule has 3 rings (SSSR count).